The Hall–Kier alpha value is -2.55. The van der Waals surface area contributed by atoms with Gasteiger partial charge in [-0.2, -0.15) is 5.10 Å². The molecule has 3 aromatic rings. The molecule has 1 N–H and O–H groups in total. The first-order chi connectivity index (χ1) is 11.5. The van der Waals surface area contributed by atoms with Crippen molar-refractivity contribution in [1.82, 2.24) is 19.7 Å². The van der Waals surface area contributed by atoms with Crippen LogP contribution in [0.15, 0.2) is 36.8 Å². The second-order valence-corrected chi connectivity index (χ2v) is 7.97. The summed E-state index contributed by atoms with van der Waals surface area (Å²) in [7, 11) is -2.97. The molecular weight excluding hydrogens is 333 g/mol. The van der Waals surface area contributed by atoms with Crippen LogP contribution in [0, 0.1) is 5.82 Å². The Bertz CT molecular complexity index is 1000. The molecule has 0 unspecified atom stereocenters. The Balaban J connectivity index is 1.70. The lowest BCUT2D eigenvalue weighted by Gasteiger charge is -2.11. The lowest BCUT2D eigenvalue weighted by molar-refractivity contribution is 0.602. The molecule has 1 atom stereocenters. The van der Waals surface area contributed by atoms with Crippen molar-refractivity contribution in [2.24, 2.45) is 0 Å². The molecule has 124 valence electrons. The van der Waals surface area contributed by atoms with Gasteiger partial charge < -0.3 is 5.32 Å². The number of fused-ring (bicyclic) bond motifs is 1. The Morgan fingerprint density at radius 3 is 2.71 bits per heavy atom. The summed E-state index contributed by atoms with van der Waals surface area (Å²) in [6, 6.07) is 5.77. The summed E-state index contributed by atoms with van der Waals surface area (Å²) in [6.07, 6.45) is 3.57. The number of aromatic nitrogens is 4. The van der Waals surface area contributed by atoms with Crippen molar-refractivity contribution in [3.63, 3.8) is 0 Å². The minimum atomic E-state index is -2.97. The summed E-state index contributed by atoms with van der Waals surface area (Å²) in [4.78, 5) is 8.45. The van der Waals surface area contributed by atoms with Gasteiger partial charge >= 0.3 is 0 Å². The van der Waals surface area contributed by atoms with E-state index in [1.807, 2.05) is 0 Å². The van der Waals surface area contributed by atoms with Crippen LogP contribution in [0.1, 0.15) is 6.42 Å². The predicted molar refractivity (Wildman–Crippen MR) is 87.3 cm³/mol. The molecule has 1 aromatic carbocycles. The fourth-order valence-electron chi connectivity index (χ4n) is 2.83. The smallest absolute Gasteiger partial charge is 0.168 e. The van der Waals surface area contributed by atoms with Crippen LogP contribution in [-0.4, -0.2) is 45.7 Å². The van der Waals surface area contributed by atoms with Crippen molar-refractivity contribution in [1.29, 1.82) is 0 Å². The molecule has 1 saturated heterocycles. The summed E-state index contributed by atoms with van der Waals surface area (Å²) < 4.78 is 37.9. The zero-order valence-electron chi connectivity index (χ0n) is 12.6. The van der Waals surface area contributed by atoms with Gasteiger partial charge in [0, 0.05) is 6.04 Å². The summed E-state index contributed by atoms with van der Waals surface area (Å²) in [6.45, 7) is 0. The largest absolute Gasteiger partial charge is 0.366 e. The van der Waals surface area contributed by atoms with Gasteiger partial charge in [0.05, 0.1) is 28.8 Å². The van der Waals surface area contributed by atoms with E-state index in [0.717, 1.165) is 0 Å². The zero-order chi connectivity index (χ0) is 16.7. The van der Waals surface area contributed by atoms with Gasteiger partial charge in [0.15, 0.2) is 15.5 Å². The van der Waals surface area contributed by atoms with Gasteiger partial charge in [0.1, 0.15) is 18.0 Å². The number of rotatable bonds is 3. The highest BCUT2D eigenvalue weighted by Crippen LogP contribution is 2.24. The van der Waals surface area contributed by atoms with Crippen molar-refractivity contribution in [2.45, 2.75) is 12.5 Å². The third-order valence-corrected chi connectivity index (χ3v) is 5.78. The van der Waals surface area contributed by atoms with Crippen LogP contribution in [0.5, 0.6) is 0 Å². The second-order valence-electron chi connectivity index (χ2n) is 5.74. The number of sulfone groups is 1. The van der Waals surface area contributed by atoms with E-state index in [1.165, 1.54) is 18.5 Å². The average molecular weight is 347 g/mol. The summed E-state index contributed by atoms with van der Waals surface area (Å²) in [5.41, 5.74) is 1.25. The number of halogens is 1. The SMILES string of the molecule is O=S1(=O)CC[C@@H](Nc2ncnc3c2cnn3-c2ccc(F)cc2)C1. The number of hydrogen-bond acceptors (Lipinski definition) is 6. The molecule has 1 fully saturated rings. The maximum Gasteiger partial charge on any atom is 0.168 e. The molecule has 7 nitrogen and oxygen atoms in total. The lowest BCUT2D eigenvalue weighted by atomic mass is 10.2. The molecule has 24 heavy (non-hydrogen) atoms. The highest BCUT2D eigenvalue weighted by molar-refractivity contribution is 7.91. The van der Waals surface area contributed by atoms with E-state index in [9.17, 15) is 12.8 Å². The molecular formula is C15H14FN5O2S. The molecule has 0 amide bonds. The zero-order valence-corrected chi connectivity index (χ0v) is 13.4. The standard InChI is InChI=1S/C15H14FN5O2S/c16-10-1-3-12(4-2-10)21-15-13(7-19-21)14(17-9-18-15)20-11-5-6-24(22,23)8-11/h1-4,7,9,11H,5-6,8H2,(H,17,18,20)/t11-/m1/s1. The Labute approximate surface area is 137 Å². The molecule has 0 bridgehead atoms. The molecule has 2 aromatic heterocycles. The van der Waals surface area contributed by atoms with Crippen molar-refractivity contribution in [2.75, 3.05) is 16.8 Å². The first kappa shape index (κ1) is 15.0. The van der Waals surface area contributed by atoms with E-state index in [1.54, 1.807) is 23.0 Å². The van der Waals surface area contributed by atoms with E-state index in [-0.39, 0.29) is 23.4 Å². The monoisotopic (exact) mass is 347 g/mol. The van der Waals surface area contributed by atoms with Crippen LogP contribution in [-0.2, 0) is 9.84 Å². The first-order valence-corrected chi connectivity index (χ1v) is 9.26. The number of nitrogens with one attached hydrogen (secondary N) is 1. The van der Waals surface area contributed by atoms with Crippen LogP contribution in [0.3, 0.4) is 0 Å². The average Bonchev–Trinajstić information content (AvgIpc) is 3.12. The maximum atomic E-state index is 13.1. The Kier molecular flexibility index (Phi) is 3.45. The third kappa shape index (κ3) is 2.71. The normalized spacial score (nSPS) is 19.6. The number of hydrogen-bond donors (Lipinski definition) is 1. The molecule has 0 aliphatic carbocycles. The van der Waals surface area contributed by atoms with Crippen LogP contribution >= 0.6 is 0 Å². The van der Waals surface area contributed by atoms with Crippen LogP contribution in [0.25, 0.3) is 16.7 Å². The molecule has 1 aliphatic heterocycles. The van der Waals surface area contributed by atoms with E-state index < -0.39 is 9.84 Å². The van der Waals surface area contributed by atoms with Gasteiger partial charge in [-0.05, 0) is 30.7 Å². The van der Waals surface area contributed by atoms with Crippen molar-refractivity contribution < 1.29 is 12.8 Å². The minimum Gasteiger partial charge on any atom is -0.366 e. The van der Waals surface area contributed by atoms with Gasteiger partial charge in [-0.1, -0.05) is 0 Å². The quantitative estimate of drug-likeness (QED) is 0.773. The number of anilines is 1. The van der Waals surface area contributed by atoms with E-state index in [2.05, 4.69) is 20.4 Å². The van der Waals surface area contributed by atoms with Gasteiger partial charge in [0.25, 0.3) is 0 Å². The molecule has 3 heterocycles. The van der Waals surface area contributed by atoms with Gasteiger partial charge in [0.2, 0.25) is 0 Å². The molecule has 0 saturated carbocycles. The van der Waals surface area contributed by atoms with E-state index in [4.69, 9.17) is 0 Å². The fourth-order valence-corrected chi connectivity index (χ4v) is 4.51. The van der Waals surface area contributed by atoms with E-state index >= 15 is 0 Å². The van der Waals surface area contributed by atoms with Crippen LogP contribution in [0.2, 0.25) is 0 Å². The maximum absolute atomic E-state index is 13.1. The van der Waals surface area contributed by atoms with Crippen LogP contribution < -0.4 is 5.32 Å². The third-order valence-electron chi connectivity index (χ3n) is 4.01. The predicted octanol–water partition coefficient (Wildman–Crippen LogP) is 1.55. The summed E-state index contributed by atoms with van der Waals surface area (Å²) >= 11 is 0. The Morgan fingerprint density at radius 1 is 1.21 bits per heavy atom. The molecule has 1 aliphatic rings. The fraction of sp³-hybridized carbons (Fsp3) is 0.267. The molecule has 4 rings (SSSR count). The highest BCUT2D eigenvalue weighted by Gasteiger charge is 2.28. The lowest BCUT2D eigenvalue weighted by Crippen LogP contribution is -2.21. The highest BCUT2D eigenvalue weighted by atomic mass is 32.2. The molecule has 9 heteroatoms. The van der Waals surface area contributed by atoms with E-state index in [0.29, 0.717) is 29.0 Å². The van der Waals surface area contributed by atoms with Crippen LogP contribution in [0.4, 0.5) is 10.2 Å². The van der Waals surface area contributed by atoms with Gasteiger partial charge in [-0.15, -0.1) is 0 Å². The van der Waals surface area contributed by atoms with Gasteiger partial charge in [-0.25, -0.2) is 27.5 Å². The second kappa shape index (κ2) is 5.52. The molecule has 0 spiro atoms. The number of nitrogens with zero attached hydrogens (tertiary/aromatic N) is 4. The van der Waals surface area contributed by atoms with Crippen molar-refractivity contribution >= 4 is 26.7 Å². The van der Waals surface area contributed by atoms with Gasteiger partial charge in [-0.3, -0.25) is 0 Å². The Morgan fingerprint density at radius 2 is 2.00 bits per heavy atom. The number of benzene rings is 1. The van der Waals surface area contributed by atoms with Crippen molar-refractivity contribution in [3.8, 4) is 5.69 Å². The topological polar surface area (TPSA) is 89.8 Å². The minimum absolute atomic E-state index is 0.102. The molecule has 0 radical (unpaired) electrons. The summed E-state index contributed by atoms with van der Waals surface area (Å²) in [5.74, 6) is 0.517. The van der Waals surface area contributed by atoms with Crippen molar-refractivity contribution in [3.05, 3.63) is 42.6 Å². The first-order valence-electron chi connectivity index (χ1n) is 7.43. The summed E-state index contributed by atoms with van der Waals surface area (Å²) in [5, 5.41) is 8.15.